The van der Waals surface area contributed by atoms with Crippen molar-refractivity contribution >= 4 is 22.6 Å². The van der Waals surface area contributed by atoms with Gasteiger partial charge in [-0.3, -0.25) is 0 Å². The largest absolute Gasteiger partial charge is 0.347 e. The lowest BCUT2D eigenvalue weighted by Gasteiger charge is -2.02. The van der Waals surface area contributed by atoms with Crippen LogP contribution in [0.4, 0.5) is 0 Å². The van der Waals surface area contributed by atoms with E-state index in [1.165, 1.54) is 5.52 Å². The van der Waals surface area contributed by atoms with E-state index in [4.69, 9.17) is 0 Å². The fourth-order valence-corrected chi connectivity index (χ4v) is 2.93. The molecule has 0 saturated heterocycles. The summed E-state index contributed by atoms with van der Waals surface area (Å²) in [4.78, 5) is 0. The third-order valence-corrected chi connectivity index (χ3v) is 4.17. The number of nitriles is 2. The van der Waals surface area contributed by atoms with Crippen LogP contribution < -0.4 is 0 Å². The highest BCUT2D eigenvalue weighted by Gasteiger charge is 2.08. The van der Waals surface area contributed by atoms with Gasteiger partial charge in [0, 0.05) is 29.2 Å². The summed E-state index contributed by atoms with van der Waals surface area (Å²) in [5, 5.41) is 19.8. The summed E-state index contributed by atoms with van der Waals surface area (Å²) in [6.45, 7) is 3.00. The number of benzene rings is 2. The van der Waals surface area contributed by atoms with E-state index in [9.17, 15) is 10.5 Å². The van der Waals surface area contributed by atoms with Crippen LogP contribution >= 0.6 is 0 Å². The van der Waals surface area contributed by atoms with Gasteiger partial charge in [-0.15, -0.1) is 0 Å². The highest BCUT2D eigenvalue weighted by molar-refractivity contribution is 5.93. The van der Waals surface area contributed by atoms with Crippen LogP contribution in [0.15, 0.2) is 72.4 Å². The van der Waals surface area contributed by atoms with E-state index < -0.39 is 0 Å². The number of hydrogen-bond acceptors (Lipinski definition) is 2. The number of para-hydroxylation sites is 1. The Morgan fingerprint density at radius 3 is 2.36 bits per heavy atom. The summed E-state index contributed by atoms with van der Waals surface area (Å²) < 4.78 is 2.19. The summed E-state index contributed by atoms with van der Waals surface area (Å²) in [5.41, 5.74) is 3.86. The Morgan fingerprint density at radius 2 is 1.68 bits per heavy atom. The smallest absolute Gasteiger partial charge is 0.137 e. The van der Waals surface area contributed by atoms with Crippen molar-refractivity contribution in [1.82, 2.24) is 4.57 Å². The molecule has 0 aliphatic heterocycles. The third-order valence-electron chi connectivity index (χ3n) is 4.17. The van der Waals surface area contributed by atoms with Gasteiger partial charge in [0.05, 0.1) is 0 Å². The van der Waals surface area contributed by atoms with Gasteiger partial charge in [-0.2, -0.15) is 10.5 Å². The summed E-state index contributed by atoms with van der Waals surface area (Å²) in [7, 11) is 0. The molecule has 0 spiro atoms. The lowest BCUT2D eigenvalue weighted by atomic mass is 9.99. The molecule has 3 heteroatoms. The lowest BCUT2D eigenvalue weighted by molar-refractivity contribution is 0.797. The van der Waals surface area contributed by atoms with Crippen LogP contribution in [0.25, 0.3) is 22.6 Å². The van der Waals surface area contributed by atoms with E-state index >= 15 is 0 Å². The van der Waals surface area contributed by atoms with E-state index in [0.717, 1.165) is 23.1 Å². The second-order valence-corrected chi connectivity index (χ2v) is 5.60. The number of allylic oxidation sites excluding steroid dienone is 3. The normalized spacial score (nSPS) is 10.5. The summed E-state index contributed by atoms with van der Waals surface area (Å²) in [5.74, 6) is 0. The van der Waals surface area contributed by atoms with Crippen LogP contribution in [0.5, 0.6) is 0 Å². The molecule has 1 heterocycles. The van der Waals surface area contributed by atoms with Crippen molar-refractivity contribution in [1.29, 1.82) is 10.5 Å². The molecule has 0 bridgehead atoms. The molecule has 1 aromatic heterocycles. The molecule has 0 amide bonds. The molecule has 0 saturated carbocycles. The van der Waals surface area contributed by atoms with E-state index in [1.54, 1.807) is 0 Å². The van der Waals surface area contributed by atoms with Crippen molar-refractivity contribution in [3.05, 3.63) is 83.6 Å². The number of nitrogens with zero attached hydrogens (tertiary/aromatic N) is 3. The highest BCUT2D eigenvalue weighted by atomic mass is 14.9. The van der Waals surface area contributed by atoms with Crippen molar-refractivity contribution in [2.75, 3.05) is 0 Å². The Hall–Kier alpha value is -3.56. The minimum Gasteiger partial charge on any atom is -0.347 e. The van der Waals surface area contributed by atoms with Gasteiger partial charge in [-0.05, 0) is 24.1 Å². The standard InChI is InChI=1S/C22H17N3/c1-2-25-16-18(21-10-6-7-11-22(21)25)12-13-20(19(14-23)15-24)17-8-4-3-5-9-17/h3-13,16H,2H2,1H3/b13-12-. The second kappa shape index (κ2) is 7.34. The predicted octanol–water partition coefficient (Wildman–Crippen LogP) is 5.18. The highest BCUT2D eigenvalue weighted by Crippen LogP contribution is 2.25. The number of aryl methyl sites for hydroxylation is 1. The molecule has 0 atom stereocenters. The molecule has 0 aliphatic carbocycles. The molecule has 25 heavy (non-hydrogen) atoms. The molecule has 3 nitrogen and oxygen atoms in total. The number of rotatable bonds is 4. The van der Waals surface area contributed by atoms with Crippen LogP contribution in [-0.4, -0.2) is 4.57 Å². The van der Waals surface area contributed by atoms with E-state index in [-0.39, 0.29) is 5.57 Å². The molecular weight excluding hydrogens is 306 g/mol. The summed E-state index contributed by atoms with van der Waals surface area (Å²) in [6.07, 6.45) is 5.94. The van der Waals surface area contributed by atoms with Crippen molar-refractivity contribution < 1.29 is 0 Å². The van der Waals surface area contributed by atoms with Crippen LogP contribution in [0.3, 0.4) is 0 Å². The molecular formula is C22H17N3. The van der Waals surface area contributed by atoms with Crippen LogP contribution in [-0.2, 0) is 6.54 Å². The molecule has 3 aromatic rings. The first kappa shape index (κ1) is 16.3. The SMILES string of the molecule is CCn1cc(/C=C\C(=C(C#N)C#N)c2ccccc2)c2ccccc21. The zero-order valence-corrected chi connectivity index (χ0v) is 14.0. The minimum absolute atomic E-state index is 0.113. The Labute approximate surface area is 147 Å². The van der Waals surface area contributed by atoms with Gasteiger partial charge < -0.3 is 4.57 Å². The second-order valence-electron chi connectivity index (χ2n) is 5.60. The van der Waals surface area contributed by atoms with Crippen molar-refractivity contribution in [2.45, 2.75) is 13.5 Å². The van der Waals surface area contributed by atoms with Crippen molar-refractivity contribution in [3.63, 3.8) is 0 Å². The lowest BCUT2D eigenvalue weighted by Crippen LogP contribution is -1.89. The molecule has 0 N–H and O–H groups in total. The quantitative estimate of drug-likeness (QED) is 0.491. The first-order chi connectivity index (χ1) is 12.3. The number of fused-ring (bicyclic) bond motifs is 1. The van der Waals surface area contributed by atoms with Gasteiger partial charge in [0.1, 0.15) is 17.7 Å². The molecule has 2 aromatic carbocycles. The maximum atomic E-state index is 9.30. The fourth-order valence-electron chi connectivity index (χ4n) is 2.93. The summed E-state index contributed by atoms with van der Waals surface area (Å²) in [6, 6.07) is 21.8. The van der Waals surface area contributed by atoms with E-state index in [0.29, 0.717) is 5.57 Å². The Balaban J connectivity index is 2.12. The molecule has 120 valence electrons. The first-order valence-electron chi connectivity index (χ1n) is 8.14. The fraction of sp³-hybridized carbons (Fsp3) is 0.0909. The zero-order chi connectivity index (χ0) is 17.6. The molecule has 0 unspecified atom stereocenters. The third kappa shape index (κ3) is 3.22. The topological polar surface area (TPSA) is 52.5 Å². The van der Waals surface area contributed by atoms with Crippen molar-refractivity contribution in [3.8, 4) is 12.1 Å². The van der Waals surface area contributed by atoms with Crippen LogP contribution in [0.2, 0.25) is 0 Å². The van der Waals surface area contributed by atoms with Gasteiger partial charge in [-0.25, -0.2) is 0 Å². The molecule has 0 radical (unpaired) electrons. The van der Waals surface area contributed by atoms with Gasteiger partial charge >= 0.3 is 0 Å². The van der Waals surface area contributed by atoms with Gasteiger partial charge in [0.15, 0.2) is 0 Å². The predicted molar refractivity (Wildman–Crippen MR) is 101 cm³/mol. The number of hydrogen-bond donors (Lipinski definition) is 0. The van der Waals surface area contributed by atoms with E-state index in [1.807, 2.05) is 66.8 Å². The minimum atomic E-state index is 0.113. The zero-order valence-electron chi connectivity index (χ0n) is 14.0. The molecule has 0 aliphatic rings. The van der Waals surface area contributed by atoms with Gasteiger partial charge in [-0.1, -0.05) is 60.7 Å². The number of aromatic nitrogens is 1. The molecule has 0 fully saturated rings. The van der Waals surface area contributed by atoms with Crippen LogP contribution in [0, 0.1) is 22.7 Å². The van der Waals surface area contributed by atoms with Crippen molar-refractivity contribution in [2.24, 2.45) is 0 Å². The first-order valence-corrected chi connectivity index (χ1v) is 8.14. The van der Waals surface area contributed by atoms with Gasteiger partial charge in [0.2, 0.25) is 0 Å². The molecule has 3 rings (SSSR count). The monoisotopic (exact) mass is 323 g/mol. The maximum absolute atomic E-state index is 9.30. The Morgan fingerprint density at radius 1 is 1.00 bits per heavy atom. The maximum Gasteiger partial charge on any atom is 0.137 e. The van der Waals surface area contributed by atoms with Gasteiger partial charge in [0.25, 0.3) is 0 Å². The Kier molecular flexibility index (Phi) is 4.79. The van der Waals surface area contributed by atoms with E-state index in [2.05, 4.69) is 29.8 Å². The Bertz CT molecular complexity index is 1020. The summed E-state index contributed by atoms with van der Waals surface area (Å²) >= 11 is 0. The van der Waals surface area contributed by atoms with Crippen LogP contribution in [0.1, 0.15) is 18.1 Å². The average molecular weight is 323 g/mol. The average Bonchev–Trinajstić information content (AvgIpc) is 3.04.